The number of benzene rings is 1. The maximum atomic E-state index is 13.8. The summed E-state index contributed by atoms with van der Waals surface area (Å²) >= 11 is 5.68. The van der Waals surface area contributed by atoms with Crippen molar-refractivity contribution in [1.29, 1.82) is 0 Å². The van der Waals surface area contributed by atoms with Gasteiger partial charge in [-0.1, -0.05) is 11.6 Å². The minimum atomic E-state index is -2.81. The van der Waals surface area contributed by atoms with Crippen molar-refractivity contribution in [1.82, 2.24) is 10.2 Å². The molecule has 9 heteroatoms. The van der Waals surface area contributed by atoms with Crippen LogP contribution in [0.25, 0.3) is 0 Å². The Balaban J connectivity index is 0.00000200. The number of hydrogen-bond donors (Lipinski definition) is 2. The zero-order valence-electron chi connectivity index (χ0n) is 10.9. The standard InChI is InChI=1S/C12H14ClF3N2O.2ClH/c13-7-1-2-8(14)9(11(7)19)10(12(15)16)18-5-3-17-4-6-18;;/h1-2,10,12,17,19H,3-6H2;2*1H/t10-;;/m1../s1. The van der Waals surface area contributed by atoms with Crippen LogP contribution in [0.5, 0.6) is 5.75 Å². The lowest BCUT2D eigenvalue weighted by atomic mass is 10.0. The second kappa shape index (κ2) is 8.90. The second-order valence-corrected chi connectivity index (χ2v) is 4.76. The zero-order valence-corrected chi connectivity index (χ0v) is 13.2. The zero-order chi connectivity index (χ0) is 14.0. The third-order valence-corrected chi connectivity index (χ3v) is 3.50. The van der Waals surface area contributed by atoms with Crippen LogP contribution in [-0.2, 0) is 0 Å². The van der Waals surface area contributed by atoms with Gasteiger partial charge < -0.3 is 10.4 Å². The van der Waals surface area contributed by atoms with E-state index in [2.05, 4.69) is 5.32 Å². The summed E-state index contributed by atoms with van der Waals surface area (Å²) in [5.41, 5.74) is -0.426. The van der Waals surface area contributed by atoms with E-state index in [1.54, 1.807) is 0 Å². The largest absolute Gasteiger partial charge is 0.506 e. The summed E-state index contributed by atoms with van der Waals surface area (Å²) in [6, 6.07) is 0.658. The maximum absolute atomic E-state index is 13.8. The van der Waals surface area contributed by atoms with Crippen molar-refractivity contribution in [2.24, 2.45) is 0 Å². The lowest BCUT2D eigenvalue weighted by Crippen LogP contribution is -2.47. The Morgan fingerprint density at radius 3 is 2.29 bits per heavy atom. The quantitative estimate of drug-likeness (QED) is 0.861. The highest BCUT2D eigenvalue weighted by molar-refractivity contribution is 6.32. The molecule has 1 fully saturated rings. The van der Waals surface area contributed by atoms with Crippen LogP contribution >= 0.6 is 36.4 Å². The van der Waals surface area contributed by atoms with E-state index in [-0.39, 0.29) is 29.8 Å². The summed E-state index contributed by atoms with van der Waals surface area (Å²) in [7, 11) is 0. The van der Waals surface area contributed by atoms with Crippen LogP contribution in [0.1, 0.15) is 11.6 Å². The predicted molar refractivity (Wildman–Crippen MR) is 80.8 cm³/mol. The molecule has 1 saturated heterocycles. The normalized spacial score (nSPS) is 17.0. The molecule has 3 nitrogen and oxygen atoms in total. The number of hydrogen-bond acceptors (Lipinski definition) is 3. The van der Waals surface area contributed by atoms with E-state index in [1.807, 2.05) is 0 Å². The summed E-state index contributed by atoms with van der Waals surface area (Å²) in [6.45, 7) is 1.82. The fourth-order valence-electron chi connectivity index (χ4n) is 2.27. The molecule has 1 atom stereocenters. The highest BCUT2D eigenvalue weighted by atomic mass is 35.5. The Kier molecular flexibility index (Phi) is 8.73. The highest BCUT2D eigenvalue weighted by Gasteiger charge is 2.34. The van der Waals surface area contributed by atoms with Crippen LogP contribution in [0.4, 0.5) is 13.2 Å². The van der Waals surface area contributed by atoms with Crippen molar-refractivity contribution in [3.05, 3.63) is 28.5 Å². The van der Waals surface area contributed by atoms with Gasteiger partial charge in [-0.25, -0.2) is 13.2 Å². The van der Waals surface area contributed by atoms with Gasteiger partial charge in [-0.15, -0.1) is 24.8 Å². The number of nitrogens with one attached hydrogen (secondary N) is 1. The van der Waals surface area contributed by atoms with E-state index < -0.39 is 29.6 Å². The molecular weight excluding hydrogens is 351 g/mol. The fraction of sp³-hybridized carbons (Fsp3) is 0.500. The number of phenolic OH excluding ortho intramolecular Hbond substituents is 1. The van der Waals surface area contributed by atoms with Crippen molar-refractivity contribution in [2.75, 3.05) is 26.2 Å². The van der Waals surface area contributed by atoms with Crippen LogP contribution in [0.2, 0.25) is 5.02 Å². The monoisotopic (exact) mass is 366 g/mol. The topological polar surface area (TPSA) is 35.5 Å². The number of rotatable bonds is 3. The molecule has 122 valence electrons. The number of halogens is 6. The predicted octanol–water partition coefficient (Wildman–Crippen LogP) is 3.24. The van der Waals surface area contributed by atoms with Crippen molar-refractivity contribution >= 4 is 36.4 Å². The Morgan fingerprint density at radius 1 is 1.19 bits per heavy atom. The molecule has 0 saturated carbocycles. The van der Waals surface area contributed by atoms with Gasteiger partial charge in [0.05, 0.1) is 10.6 Å². The van der Waals surface area contributed by atoms with Crippen LogP contribution in [-0.4, -0.2) is 42.6 Å². The molecule has 2 rings (SSSR count). The Hall–Kier alpha value is -0.400. The molecule has 0 amide bonds. The average Bonchev–Trinajstić information content (AvgIpc) is 2.39. The number of nitrogens with zero attached hydrogens (tertiary/aromatic N) is 1. The first-order valence-corrected chi connectivity index (χ1v) is 6.30. The van der Waals surface area contributed by atoms with Crippen LogP contribution in [0.15, 0.2) is 12.1 Å². The Bertz CT molecular complexity index is 460. The summed E-state index contributed by atoms with van der Waals surface area (Å²) in [4.78, 5) is 1.45. The summed E-state index contributed by atoms with van der Waals surface area (Å²) < 4.78 is 40.4. The van der Waals surface area contributed by atoms with E-state index in [9.17, 15) is 18.3 Å². The molecule has 1 aromatic rings. The molecule has 2 N–H and O–H groups in total. The molecule has 0 bridgehead atoms. The van der Waals surface area contributed by atoms with E-state index >= 15 is 0 Å². The first-order chi connectivity index (χ1) is 9.02. The van der Waals surface area contributed by atoms with E-state index in [0.717, 1.165) is 12.1 Å². The van der Waals surface area contributed by atoms with Gasteiger partial charge >= 0.3 is 0 Å². The van der Waals surface area contributed by atoms with Crippen molar-refractivity contribution in [3.8, 4) is 5.75 Å². The molecular formula is C12H16Cl3F3N2O. The molecule has 0 unspecified atom stereocenters. The second-order valence-electron chi connectivity index (χ2n) is 4.36. The fourth-order valence-corrected chi connectivity index (χ4v) is 2.43. The summed E-state index contributed by atoms with van der Waals surface area (Å²) in [5, 5.41) is 12.7. The van der Waals surface area contributed by atoms with Crippen molar-refractivity contribution in [2.45, 2.75) is 12.5 Å². The summed E-state index contributed by atoms with van der Waals surface area (Å²) in [5.74, 6) is -1.48. The van der Waals surface area contributed by atoms with Gasteiger partial charge in [0.25, 0.3) is 6.43 Å². The average molecular weight is 368 g/mol. The Morgan fingerprint density at radius 2 is 1.76 bits per heavy atom. The van der Waals surface area contributed by atoms with Gasteiger partial charge in [0.1, 0.15) is 17.6 Å². The third-order valence-electron chi connectivity index (χ3n) is 3.19. The molecule has 1 aromatic carbocycles. The van der Waals surface area contributed by atoms with Crippen LogP contribution in [0.3, 0.4) is 0 Å². The maximum Gasteiger partial charge on any atom is 0.258 e. The third kappa shape index (κ3) is 4.53. The van der Waals surface area contributed by atoms with Crippen molar-refractivity contribution in [3.63, 3.8) is 0 Å². The first-order valence-electron chi connectivity index (χ1n) is 5.92. The molecule has 1 heterocycles. The van der Waals surface area contributed by atoms with Gasteiger partial charge in [0.15, 0.2) is 0 Å². The van der Waals surface area contributed by atoms with Gasteiger partial charge in [-0.05, 0) is 12.1 Å². The van der Waals surface area contributed by atoms with Crippen molar-refractivity contribution < 1.29 is 18.3 Å². The smallest absolute Gasteiger partial charge is 0.258 e. The highest BCUT2D eigenvalue weighted by Crippen LogP contribution is 2.39. The molecule has 1 aliphatic rings. The number of phenols is 1. The lowest BCUT2D eigenvalue weighted by molar-refractivity contribution is 0.0152. The first kappa shape index (κ1) is 20.6. The minimum absolute atomic E-state index is 0. The molecule has 0 aliphatic carbocycles. The van der Waals surface area contributed by atoms with E-state index in [1.165, 1.54) is 4.90 Å². The number of piperazine rings is 1. The number of alkyl halides is 2. The SMILES string of the molecule is Cl.Cl.Oc1c(Cl)ccc(F)c1[C@H](C(F)F)N1CCNCC1. The van der Waals surface area contributed by atoms with Gasteiger partial charge in [0.2, 0.25) is 0 Å². The van der Waals surface area contributed by atoms with Crippen LogP contribution < -0.4 is 5.32 Å². The van der Waals surface area contributed by atoms with Crippen LogP contribution in [0, 0.1) is 5.82 Å². The van der Waals surface area contributed by atoms with Gasteiger partial charge in [-0.2, -0.15) is 0 Å². The molecule has 0 radical (unpaired) electrons. The minimum Gasteiger partial charge on any atom is -0.506 e. The Labute approximate surface area is 138 Å². The number of aromatic hydroxyl groups is 1. The molecule has 1 aliphatic heterocycles. The van der Waals surface area contributed by atoms with Gasteiger partial charge in [-0.3, -0.25) is 4.90 Å². The summed E-state index contributed by atoms with van der Waals surface area (Å²) in [6.07, 6.45) is -2.81. The van der Waals surface area contributed by atoms with E-state index in [4.69, 9.17) is 11.6 Å². The van der Waals surface area contributed by atoms with E-state index in [0.29, 0.717) is 26.2 Å². The lowest BCUT2D eigenvalue weighted by Gasteiger charge is -2.35. The molecule has 0 aromatic heterocycles. The molecule has 0 spiro atoms. The van der Waals surface area contributed by atoms with Gasteiger partial charge in [0, 0.05) is 26.2 Å². The molecule has 21 heavy (non-hydrogen) atoms.